The van der Waals surface area contributed by atoms with Gasteiger partial charge in [0.2, 0.25) is 0 Å². The van der Waals surface area contributed by atoms with Gasteiger partial charge in [-0.05, 0) is 51.9 Å². The van der Waals surface area contributed by atoms with Crippen LogP contribution < -0.4 is 0 Å². The van der Waals surface area contributed by atoms with Crippen LogP contribution >= 0.6 is 0 Å². The van der Waals surface area contributed by atoms with E-state index in [2.05, 4.69) is 23.9 Å². The van der Waals surface area contributed by atoms with E-state index < -0.39 is 0 Å². The van der Waals surface area contributed by atoms with E-state index in [1.807, 2.05) is 0 Å². The number of piperidine rings is 1. The number of likely N-dealkylation sites (tertiary alicyclic amines) is 1. The van der Waals surface area contributed by atoms with Crippen molar-refractivity contribution in [1.29, 1.82) is 0 Å². The van der Waals surface area contributed by atoms with E-state index in [0.717, 1.165) is 37.0 Å². The number of hydrogen-bond acceptors (Lipinski definition) is 3. The molecule has 3 nitrogen and oxygen atoms in total. The largest absolute Gasteiger partial charge is 0.356 e. The van der Waals surface area contributed by atoms with E-state index in [4.69, 9.17) is 4.52 Å². The Morgan fingerprint density at radius 3 is 2.74 bits per heavy atom. The number of benzene rings is 1. The highest BCUT2D eigenvalue weighted by Crippen LogP contribution is 2.33. The Hall–Kier alpha value is -1.42. The molecule has 0 atom stereocenters. The molecule has 1 fully saturated rings. The van der Waals surface area contributed by atoms with Crippen LogP contribution in [-0.4, -0.2) is 29.2 Å². The maximum atomic E-state index is 13.1. The second-order valence-corrected chi connectivity index (χ2v) is 5.61. The van der Waals surface area contributed by atoms with E-state index >= 15 is 0 Å². The summed E-state index contributed by atoms with van der Waals surface area (Å²) in [6.07, 6.45) is 2.19. The summed E-state index contributed by atoms with van der Waals surface area (Å²) in [4.78, 5) is 2.48. The third-order valence-corrected chi connectivity index (χ3v) is 4.11. The Kier molecular flexibility index (Phi) is 3.27. The standard InChI is InChI=1S/C15H19FN2O/c1-10(2)18-7-5-11(6-8-18)15-13-4-3-12(16)9-14(13)19-17-15/h3-4,9-11H,5-8H2,1-2H3. The van der Waals surface area contributed by atoms with Crippen molar-refractivity contribution in [3.63, 3.8) is 0 Å². The molecule has 2 heterocycles. The molecule has 1 aliphatic rings. The van der Waals surface area contributed by atoms with Gasteiger partial charge in [-0.1, -0.05) is 5.16 Å². The normalized spacial score (nSPS) is 18.5. The van der Waals surface area contributed by atoms with E-state index in [-0.39, 0.29) is 5.82 Å². The number of hydrogen-bond donors (Lipinski definition) is 0. The lowest BCUT2D eigenvalue weighted by Gasteiger charge is -2.33. The van der Waals surface area contributed by atoms with Crippen LogP contribution in [0.1, 0.15) is 38.3 Å². The van der Waals surface area contributed by atoms with Crippen molar-refractivity contribution in [1.82, 2.24) is 10.1 Å². The van der Waals surface area contributed by atoms with Crippen LogP contribution in [0.15, 0.2) is 22.7 Å². The summed E-state index contributed by atoms with van der Waals surface area (Å²) in [5, 5.41) is 5.13. The van der Waals surface area contributed by atoms with Gasteiger partial charge < -0.3 is 9.42 Å². The van der Waals surface area contributed by atoms with Crippen LogP contribution in [0.4, 0.5) is 4.39 Å². The molecule has 0 aliphatic carbocycles. The average Bonchev–Trinajstić information content (AvgIpc) is 2.81. The predicted molar refractivity (Wildman–Crippen MR) is 72.7 cm³/mol. The first-order chi connectivity index (χ1) is 9.15. The third kappa shape index (κ3) is 2.37. The zero-order valence-electron chi connectivity index (χ0n) is 11.4. The Labute approximate surface area is 112 Å². The predicted octanol–water partition coefficient (Wildman–Crippen LogP) is 3.55. The molecule has 0 bridgehead atoms. The highest BCUT2D eigenvalue weighted by molar-refractivity contribution is 5.79. The third-order valence-electron chi connectivity index (χ3n) is 4.11. The highest BCUT2D eigenvalue weighted by Gasteiger charge is 2.25. The molecular formula is C15H19FN2O. The molecule has 3 rings (SSSR count). The summed E-state index contributed by atoms with van der Waals surface area (Å²) in [5.41, 5.74) is 1.56. The molecule has 0 radical (unpaired) electrons. The summed E-state index contributed by atoms with van der Waals surface area (Å²) in [5.74, 6) is 0.159. The molecule has 1 aromatic carbocycles. The Morgan fingerprint density at radius 2 is 2.05 bits per heavy atom. The molecule has 0 spiro atoms. The van der Waals surface area contributed by atoms with Crippen LogP contribution in [0, 0.1) is 5.82 Å². The second kappa shape index (κ2) is 4.93. The van der Waals surface area contributed by atoms with Crippen molar-refractivity contribution in [3.8, 4) is 0 Å². The van der Waals surface area contributed by atoms with Gasteiger partial charge in [0, 0.05) is 23.4 Å². The molecule has 4 heteroatoms. The molecule has 0 N–H and O–H groups in total. The molecule has 102 valence electrons. The lowest BCUT2D eigenvalue weighted by molar-refractivity contribution is 0.170. The first kappa shape index (κ1) is 12.6. The molecule has 0 unspecified atom stereocenters. The Morgan fingerprint density at radius 1 is 1.32 bits per heavy atom. The second-order valence-electron chi connectivity index (χ2n) is 5.61. The van der Waals surface area contributed by atoms with Gasteiger partial charge in [0.05, 0.1) is 5.69 Å². The van der Waals surface area contributed by atoms with Gasteiger partial charge in [0.1, 0.15) is 5.82 Å². The number of nitrogens with zero attached hydrogens (tertiary/aromatic N) is 2. The fourth-order valence-electron chi connectivity index (χ4n) is 2.91. The van der Waals surface area contributed by atoms with Crippen LogP contribution in [0.25, 0.3) is 11.0 Å². The molecule has 1 aromatic heterocycles. The van der Waals surface area contributed by atoms with Gasteiger partial charge in [-0.2, -0.15) is 0 Å². The topological polar surface area (TPSA) is 29.3 Å². The van der Waals surface area contributed by atoms with Gasteiger partial charge >= 0.3 is 0 Å². The van der Waals surface area contributed by atoms with Crippen molar-refractivity contribution in [2.45, 2.75) is 38.6 Å². The van der Waals surface area contributed by atoms with E-state index in [0.29, 0.717) is 17.5 Å². The van der Waals surface area contributed by atoms with Gasteiger partial charge in [0.15, 0.2) is 5.58 Å². The van der Waals surface area contributed by atoms with Crippen molar-refractivity contribution in [2.75, 3.05) is 13.1 Å². The van der Waals surface area contributed by atoms with Crippen LogP contribution in [0.3, 0.4) is 0 Å². The molecular weight excluding hydrogens is 243 g/mol. The summed E-state index contributed by atoms with van der Waals surface area (Å²) < 4.78 is 18.4. The fraction of sp³-hybridized carbons (Fsp3) is 0.533. The maximum Gasteiger partial charge on any atom is 0.170 e. The molecule has 0 saturated carbocycles. The quantitative estimate of drug-likeness (QED) is 0.828. The Balaban J connectivity index is 1.82. The monoisotopic (exact) mass is 262 g/mol. The smallest absolute Gasteiger partial charge is 0.170 e. The van der Waals surface area contributed by atoms with Crippen molar-refractivity contribution in [3.05, 3.63) is 29.7 Å². The zero-order valence-corrected chi connectivity index (χ0v) is 11.4. The first-order valence-electron chi connectivity index (χ1n) is 6.94. The first-order valence-corrected chi connectivity index (χ1v) is 6.94. The number of rotatable bonds is 2. The fourth-order valence-corrected chi connectivity index (χ4v) is 2.91. The maximum absolute atomic E-state index is 13.1. The lowest BCUT2D eigenvalue weighted by Crippen LogP contribution is -2.37. The number of aromatic nitrogens is 1. The number of fused-ring (bicyclic) bond motifs is 1. The molecule has 0 amide bonds. The van der Waals surface area contributed by atoms with Crippen molar-refractivity contribution in [2.24, 2.45) is 0 Å². The summed E-state index contributed by atoms with van der Waals surface area (Å²) >= 11 is 0. The minimum atomic E-state index is -0.273. The Bertz CT molecular complexity index is 571. The number of halogens is 1. The molecule has 1 saturated heterocycles. The van der Waals surface area contributed by atoms with Gasteiger partial charge in [-0.3, -0.25) is 0 Å². The van der Waals surface area contributed by atoms with Crippen molar-refractivity contribution < 1.29 is 8.91 Å². The summed E-state index contributed by atoms with van der Waals surface area (Å²) in [7, 11) is 0. The molecule has 19 heavy (non-hydrogen) atoms. The minimum Gasteiger partial charge on any atom is -0.356 e. The van der Waals surface area contributed by atoms with Crippen LogP contribution in [0.2, 0.25) is 0 Å². The average molecular weight is 262 g/mol. The summed E-state index contributed by atoms with van der Waals surface area (Å²) in [6, 6.07) is 5.27. The zero-order chi connectivity index (χ0) is 13.4. The van der Waals surface area contributed by atoms with Gasteiger partial charge in [0.25, 0.3) is 0 Å². The van der Waals surface area contributed by atoms with E-state index in [1.54, 1.807) is 6.07 Å². The lowest BCUT2D eigenvalue weighted by atomic mass is 9.91. The highest BCUT2D eigenvalue weighted by atomic mass is 19.1. The van der Waals surface area contributed by atoms with Crippen LogP contribution in [0.5, 0.6) is 0 Å². The minimum absolute atomic E-state index is 0.273. The summed E-state index contributed by atoms with van der Waals surface area (Å²) in [6.45, 7) is 6.65. The van der Waals surface area contributed by atoms with E-state index in [1.165, 1.54) is 12.1 Å². The SMILES string of the molecule is CC(C)N1CCC(c2noc3cc(F)ccc23)CC1. The molecule has 1 aliphatic heterocycles. The van der Waals surface area contributed by atoms with Crippen LogP contribution in [-0.2, 0) is 0 Å². The van der Waals surface area contributed by atoms with E-state index in [9.17, 15) is 4.39 Å². The molecule has 2 aromatic rings. The van der Waals surface area contributed by atoms with Gasteiger partial charge in [-0.15, -0.1) is 0 Å². The van der Waals surface area contributed by atoms with Gasteiger partial charge in [-0.25, -0.2) is 4.39 Å². The van der Waals surface area contributed by atoms with Crippen molar-refractivity contribution >= 4 is 11.0 Å².